The van der Waals surface area contributed by atoms with E-state index >= 15 is 0 Å². The van der Waals surface area contributed by atoms with E-state index in [4.69, 9.17) is 22.3 Å². The Balaban J connectivity index is 2.23. The Bertz CT molecular complexity index is 779. The van der Waals surface area contributed by atoms with Crippen LogP contribution in [0.3, 0.4) is 0 Å². The van der Waals surface area contributed by atoms with Crippen molar-refractivity contribution in [1.82, 2.24) is 14.5 Å². The maximum Gasteiger partial charge on any atom is 0.160 e. The smallest absolute Gasteiger partial charge is 0.160 e. The normalized spacial score (nSPS) is 11.2. The lowest BCUT2D eigenvalue weighted by molar-refractivity contribution is 0.667. The van der Waals surface area contributed by atoms with Crippen LogP contribution >= 0.6 is 11.6 Å². The largest absolute Gasteiger partial charge is 0.330 e. The Hall–Kier alpha value is -1.91. The zero-order chi connectivity index (χ0) is 14.8. The lowest BCUT2D eigenvalue weighted by Gasteiger charge is -2.09. The molecule has 0 fully saturated rings. The fourth-order valence-electron chi connectivity index (χ4n) is 2.48. The second-order valence-electron chi connectivity index (χ2n) is 5.04. The predicted octanol–water partition coefficient (Wildman–Crippen LogP) is 3.41. The van der Waals surface area contributed by atoms with Gasteiger partial charge in [0.05, 0.1) is 5.02 Å². The molecule has 0 unspecified atom stereocenters. The lowest BCUT2D eigenvalue weighted by atomic mass is 10.1. The maximum absolute atomic E-state index is 6.03. The average Bonchev–Trinajstić information content (AvgIpc) is 2.83. The van der Waals surface area contributed by atoms with Crippen LogP contribution in [0.4, 0.5) is 0 Å². The summed E-state index contributed by atoms with van der Waals surface area (Å²) in [5.41, 5.74) is 9.63. The first-order chi connectivity index (χ1) is 10.2. The van der Waals surface area contributed by atoms with Gasteiger partial charge in [0.2, 0.25) is 0 Å². The number of nitrogens with zero attached hydrogens (tertiary/aromatic N) is 3. The van der Waals surface area contributed by atoms with Crippen molar-refractivity contribution in [3.8, 4) is 11.4 Å². The van der Waals surface area contributed by atoms with Crippen LogP contribution in [-0.4, -0.2) is 21.1 Å². The van der Waals surface area contributed by atoms with Crippen LogP contribution in [0.1, 0.15) is 12.0 Å². The van der Waals surface area contributed by atoms with Crippen LogP contribution in [-0.2, 0) is 6.54 Å². The second-order valence-corrected chi connectivity index (χ2v) is 5.48. The standard InChI is InChI=1S/C16H17ClN4/c1-11-5-2-3-6-13(11)15-20-14-9-12(17)10-19-16(14)21(15)8-4-7-18/h2-3,5-6,9-10H,4,7-8,18H2,1H3. The first kappa shape index (κ1) is 14.0. The molecule has 4 nitrogen and oxygen atoms in total. The highest BCUT2D eigenvalue weighted by Crippen LogP contribution is 2.27. The molecule has 0 aliphatic rings. The molecule has 0 spiro atoms. The molecule has 3 aromatic rings. The summed E-state index contributed by atoms with van der Waals surface area (Å²) in [6.07, 6.45) is 2.54. The second kappa shape index (κ2) is 5.84. The van der Waals surface area contributed by atoms with Crippen molar-refractivity contribution in [3.63, 3.8) is 0 Å². The molecule has 2 N–H and O–H groups in total. The van der Waals surface area contributed by atoms with Crippen LogP contribution in [0.15, 0.2) is 36.5 Å². The van der Waals surface area contributed by atoms with Crippen LogP contribution < -0.4 is 5.73 Å². The molecule has 5 heteroatoms. The Morgan fingerprint density at radius 3 is 2.86 bits per heavy atom. The third kappa shape index (κ3) is 2.64. The van der Waals surface area contributed by atoms with E-state index in [-0.39, 0.29) is 0 Å². The third-order valence-corrected chi connectivity index (χ3v) is 3.73. The van der Waals surface area contributed by atoms with Gasteiger partial charge in [-0.05, 0) is 31.5 Å². The van der Waals surface area contributed by atoms with Crippen LogP contribution in [0.2, 0.25) is 5.02 Å². The Morgan fingerprint density at radius 2 is 2.10 bits per heavy atom. The molecule has 0 saturated heterocycles. The number of aromatic nitrogens is 3. The molecule has 1 aromatic carbocycles. The Kier molecular flexibility index (Phi) is 3.90. The minimum Gasteiger partial charge on any atom is -0.330 e. The predicted molar refractivity (Wildman–Crippen MR) is 86.4 cm³/mol. The number of hydrogen-bond donors (Lipinski definition) is 1. The number of rotatable bonds is 4. The van der Waals surface area contributed by atoms with Gasteiger partial charge in [-0.2, -0.15) is 0 Å². The maximum atomic E-state index is 6.03. The molecule has 0 aliphatic heterocycles. The van der Waals surface area contributed by atoms with Crippen molar-refractivity contribution in [1.29, 1.82) is 0 Å². The van der Waals surface area contributed by atoms with E-state index in [0.29, 0.717) is 11.6 Å². The summed E-state index contributed by atoms with van der Waals surface area (Å²) in [6, 6.07) is 10.1. The first-order valence-electron chi connectivity index (χ1n) is 6.98. The van der Waals surface area contributed by atoms with Crippen LogP contribution in [0.5, 0.6) is 0 Å². The highest BCUT2D eigenvalue weighted by atomic mass is 35.5. The number of imidazole rings is 1. The highest BCUT2D eigenvalue weighted by Gasteiger charge is 2.15. The zero-order valence-electron chi connectivity index (χ0n) is 11.9. The molecule has 0 saturated carbocycles. The third-order valence-electron chi connectivity index (χ3n) is 3.52. The van der Waals surface area contributed by atoms with E-state index < -0.39 is 0 Å². The van der Waals surface area contributed by atoms with Gasteiger partial charge in [0, 0.05) is 18.3 Å². The monoisotopic (exact) mass is 300 g/mol. The number of pyridine rings is 1. The molecule has 2 aromatic heterocycles. The van der Waals surface area contributed by atoms with Gasteiger partial charge in [0.15, 0.2) is 5.65 Å². The zero-order valence-corrected chi connectivity index (χ0v) is 12.6. The molecule has 0 amide bonds. The van der Waals surface area contributed by atoms with Crippen molar-refractivity contribution >= 4 is 22.8 Å². The van der Waals surface area contributed by atoms with Gasteiger partial charge in [-0.25, -0.2) is 9.97 Å². The summed E-state index contributed by atoms with van der Waals surface area (Å²) in [7, 11) is 0. The molecular weight excluding hydrogens is 284 g/mol. The summed E-state index contributed by atoms with van der Waals surface area (Å²) < 4.78 is 2.13. The topological polar surface area (TPSA) is 56.7 Å². The molecule has 2 heterocycles. The SMILES string of the molecule is Cc1ccccc1-c1nc2cc(Cl)cnc2n1CCCN. The molecule has 21 heavy (non-hydrogen) atoms. The lowest BCUT2D eigenvalue weighted by Crippen LogP contribution is -2.08. The van der Waals surface area contributed by atoms with Crippen molar-refractivity contribution in [2.75, 3.05) is 6.54 Å². The average molecular weight is 301 g/mol. The molecule has 3 rings (SSSR count). The van der Waals surface area contributed by atoms with Gasteiger partial charge >= 0.3 is 0 Å². The Morgan fingerprint density at radius 1 is 1.29 bits per heavy atom. The summed E-state index contributed by atoms with van der Waals surface area (Å²) in [5, 5.41) is 0.599. The fourth-order valence-corrected chi connectivity index (χ4v) is 2.63. The van der Waals surface area contributed by atoms with Crippen LogP contribution in [0.25, 0.3) is 22.6 Å². The number of nitrogens with two attached hydrogens (primary N) is 1. The van der Waals surface area contributed by atoms with E-state index in [1.807, 2.05) is 18.2 Å². The van der Waals surface area contributed by atoms with Gasteiger partial charge in [0.1, 0.15) is 11.3 Å². The van der Waals surface area contributed by atoms with Crippen molar-refractivity contribution in [2.24, 2.45) is 5.73 Å². The van der Waals surface area contributed by atoms with E-state index in [9.17, 15) is 0 Å². The van der Waals surface area contributed by atoms with Gasteiger partial charge in [-0.3, -0.25) is 0 Å². The van der Waals surface area contributed by atoms with E-state index in [1.54, 1.807) is 6.20 Å². The minimum atomic E-state index is 0.599. The summed E-state index contributed by atoms with van der Waals surface area (Å²) in [5.74, 6) is 0.923. The molecule has 0 bridgehead atoms. The number of aryl methyl sites for hydroxylation is 2. The Labute approximate surface area is 128 Å². The minimum absolute atomic E-state index is 0.599. The van der Waals surface area contributed by atoms with Crippen molar-refractivity contribution < 1.29 is 0 Å². The van der Waals surface area contributed by atoms with Gasteiger partial charge < -0.3 is 10.3 Å². The number of hydrogen-bond acceptors (Lipinski definition) is 3. The van der Waals surface area contributed by atoms with Gasteiger partial charge in [-0.1, -0.05) is 35.9 Å². The molecule has 0 aliphatic carbocycles. The number of fused-ring (bicyclic) bond motifs is 1. The van der Waals surface area contributed by atoms with E-state index in [2.05, 4.69) is 28.6 Å². The quantitative estimate of drug-likeness (QED) is 0.803. The van der Waals surface area contributed by atoms with Gasteiger partial charge in [-0.15, -0.1) is 0 Å². The summed E-state index contributed by atoms with van der Waals surface area (Å²) >= 11 is 6.03. The summed E-state index contributed by atoms with van der Waals surface area (Å²) in [4.78, 5) is 9.17. The summed E-state index contributed by atoms with van der Waals surface area (Å²) in [6.45, 7) is 3.52. The molecule has 108 valence electrons. The number of benzene rings is 1. The van der Waals surface area contributed by atoms with Crippen molar-refractivity contribution in [2.45, 2.75) is 19.9 Å². The fraction of sp³-hybridized carbons (Fsp3) is 0.250. The van der Waals surface area contributed by atoms with E-state index in [0.717, 1.165) is 35.5 Å². The molecule has 0 atom stereocenters. The van der Waals surface area contributed by atoms with Crippen molar-refractivity contribution in [3.05, 3.63) is 47.1 Å². The first-order valence-corrected chi connectivity index (χ1v) is 7.36. The molecular formula is C16H17ClN4. The molecule has 0 radical (unpaired) electrons. The van der Waals surface area contributed by atoms with Crippen LogP contribution in [0, 0.1) is 6.92 Å². The van der Waals surface area contributed by atoms with E-state index in [1.165, 1.54) is 5.56 Å². The highest BCUT2D eigenvalue weighted by molar-refractivity contribution is 6.31. The number of halogens is 1. The van der Waals surface area contributed by atoms with Gasteiger partial charge in [0.25, 0.3) is 0 Å².